The van der Waals surface area contributed by atoms with Crippen molar-refractivity contribution in [2.45, 2.75) is 75.3 Å². The molecule has 1 aliphatic carbocycles. The van der Waals surface area contributed by atoms with Crippen LogP contribution in [0.15, 0.2) is 11.6 Å². The van der Waals surface area contributed by atoms with E-state index in [9.17, 15) is 0 Å². The van der Waals surface area contributed by atoms with Crippen molar-refractivity contribution in [2.75, 3.05) is 18.1 Å². The minimum absolute atomic E-state index is 0.626. The van der Waals surface area contributed by atoms with Crippen molar-refractivity contribution >= 4 is 23.5 Å². The monoisotopic (exact) mass is 313 g/mol. The summed E-state index contributed by atoms with van der Waals surface area (Å²) in [6.07, 6.45) is 12.2. The number of hydrogen-bond acceptors (Lipinski definition) is 3. The van der Waals surface area contributed by atoms with Crippen LogP contribution in [0.2, 0.25) is 0 Å². The smallest absolute Gasteiger partial charge is 0.0410 e. The lowest BCUT2D eigenvalue weighted by Gasteiger charge is -2.38. The second-order valence-electron chi connectivity index (χ2n) is 5.92. The molecule has 1 saturated heterocycles. The number of rotatable bonds is 5. The molecule has 1 nitrogen and oxygen atoms in total. The minimum Gasteiger partial charge on any atom is -0.310 e. The van der Waals surface area contributed by atoms with Crippen LogP contribution >= 0.6 is 23.5 Å². The lowest BCUT2D eigenvalue weighted by Crippen LogP contribution is -2.46. The Morgan fingerprint density at radius 3 is 2.75 bits per heavy atom. The molecule has 3 unspecified atom stereocenters. The largest absolute Gasteiger partial charge is 0.310 e. The number of allylic oxidation sites excluding steroid dienone is 1. The average molecular weight is 314 g/mol. The van der Waals surface area contributed by atoms with E-state index in [2.05, 4.69) is 48.8 Å². The third-order valence-corrected chi connectivity index (χ3v) is 7.82. The van der Waals surface area contributed by atoms with Gasteiger partial charge in [0, 0.05) is 28.0 Å². The first kappa shape index (κ1) is 16.8. The van der Waals surface area contributed by atoms with Crippen LogP contribution in [0.3, 0.4) is 0 Å². The van der Waals surface area contributed by atoms with Crippen molar-refractivity contribution in [3.63, 3.8) is 0 Å². The summed E-state index contributed by atoms with van der Waals surface area (Å²) in [6.45, 7) is 5.73. The van der Waals surface area contributed by atoms with Crippen LogP contribution in [0.4, 0.5) is 0 Å². The van der Waals surface area contributed by atoms with Gasteiger partial charge in [0.2, 0.25) is 0 Å². The standard InChI is InChI=1S/C17H31NS2/c1-3-15-17(20-13-12-19-15)16(18-4-2)14-10-8-6-5-7-9-11-14/h10,15-18H,3-9,11-13H2,1-2H3. The summed E-state index contributed by atoms with van der Waals surface area (Å²) in [4.78, 5) is 0. The van der Waals surface area contributed by atoms with E-state index in [1.165, 1.54) is 56.5 Å². The van der Waals surface area contributed by atoms with Crippen molar-refractivity contribution in [3.8, 4) is 0 Å². The maximum Gasteiger partial charge on any atom is 0.0410 e. The fraction of sp³-hybridized carbons (Fsp3) is 0.882. The summed E-state index contributed by atoms with van der Waals surface area (Å²) in [5, 5.41) is 5.45. The molecule has 3 atom stereocenters. The minimum atomic E-state index is 0.626. The first-order chi connectivity index (χ1) is 9.86. The van der Waals surface area contributed by atoms with E-state index in [0.717, 1.165) is 17.0 Å². The molecule has 0 aromatic carbocycles. The third kappa shape index (κ3) is 4.71. The van der Waals surface area contributed by atoms with Gasteiger partial charge in [-0.25, -0.2) is 0 Å². The predicted octanol–water partition coefficient (Wildman–Crippen LogP) is 4.87. The highest BCUT2D eigenvalue weighted by molar-refractivity contribution is 8.07. The molecule has 3 heteroatoms. The molecule has 20 heavy (non-hydrogen) atoms. The van der Waals surface area contributed by atoms with Gasteiger partial charge in [-0.3, -0.25) is 0 Å². The van der Waals surface area contributed by atoms with E-state index in [-0.39, 0.29) is 0 Å². The molecule has 0 bridgehead atoms. The summed E-state index contributed by atoms with van der Waals surface area (Å²) in [6, 6.07) is 0.626. The summed E-state index contributed by atoms with van der Waals surface area (Å²) in [5.74, 6) is 2.68. The van der Waals surface area contributed by atoms with Gasteiger partial charge in [-0.15, -0.1) is 0 Å². The molecule has 2 aliphatic rings. The van der Waals surface area contributed by atoms with Crippen LogP contribution in [0.1, 0.15) is 58.8 Å². The molecular formula is C17H31NS2. The van der Waals surface area contributed by atoms with Gasteiger partial charge >= 0.3 is 0 Å². The van der Waals surface area contributed by atoms with Crippen LogP contribution in [-0.2, 0) is 0 Å². The van der Waals surface area contributed by atoms with Gasteiger partial charge in [0.1, 0.15) is 0 Å². The van der Waals surface area contributed by atoms with E-state index in [0.29, 0.717) is 6.04 Å². The molecule has 1 aliphatic heterocycles. The van der Waals surface area contributed by atoms with Crippen molar-refractivity contribution < 1.29 is 0 Å². The molecule has 1 heterocycles. The zero-order valence-electron chi connectivity index (χ0n) is 13.2. The molecule has 0 amide bonds. The summed E-state index contributed by atoms with van der Waals surface area (Å²) in [7, 11) is 0. The molecular weight excluding hydrogens is 282 g/mol. The van der Waals surface area contributed by atoms with Gasteiger partial charge in [0.05, 0.1) is 0 Å². The number of likely N-dealkylation sites (N-methyl/N-ethyl adjacent to an activating group) is 1. The first-order valence-corrected chi connectivity index (χ1v) is 10.6. The maximum atomic E-state index is 3.83. The Labute approximate surface area is 134 Å². The molecule has 0 spiro atoms. The van der Waals surface area contributed by atoms with E-state index >= 15 is 0 Å². The second kappa shape index (κ2) is 9.42. The quantitative estimate of drug-likeness (QED) is 0.727. The van der Waals surface area contributed by atoms with Gasteiger partial charge in [0.25, 0.3) is 0 Å². The number of hydrogen-bond donors (Lipinski definition) is 1. The molecule has 116 valence electrons. The number of nitrogens with one attached hydrogen (secondary N) is 1. The molecule has 1 fully saturated rings. The zero-order chi connectivity index (χ0) is 14.2. The SMILES string of the molecule is CCNC(C1=CCCCCCC1)C1SCCSC1CC. The van der Waals surface area contributed by atoms with Gasteiger partial charge < -0.3 is 5.32 Å². The normalized spacial score (nSPS) is 30.2. The first-order valence-electron chi connectivity index (χ1n) is 8.52. The van der Waals surface area contributed by atoms with Crippen molar-refractivity contribution in [1.82, 2.24) is 5.32 Å². The Balaban J connectivity index is 2.10. The van der Waals surface area contributed by atoms with E-state index < -0.39 is 0 Å². The molecule has 1 N–H and O–H groups in total. The van der Waals surface area contributed by atoms with Crippen molar-refractivity contribution in [1.29, 1.82) is 0 Å². The zero-order valence-corrected chi connectivity index (χ0v) is 14.8. The Morgan fingerprint density at radius 1 is 1.15 bits per heavy atom. The lowest BCUT2D eigenvalue weighted by atomic mass is 9.91. The van der Waals surface area contributed by atoms with Gasteiger partial charge in [0.15, 0.2) is 0 Å². The van der Waals surface area contributed by atoms with Crippen LogP contribution in [0.25, 0.3) is 0 Å². The topological polar surface area (TPSA) is 12.0 Å². The summed E-state index contributed by atoms with van der Waals surface area (Å²) < 4.78 is 0. The fourth-order valence-electron chi connectivity index (χ4n) is 3.42. The molecule has 0 aromatic rings. The Hall–Kier alpha value is 0.400. The fourth-order valence-corrected chi connectivity index (χ4v) is 6.69. The van der Waals surface area contributed by atoms with Crippen LogP contribution in [-0.4, -0.2) is 34.6 Å². The van der Waals surface area contributed by atoms with Crippen molar-refractivity contribution in [3.05, 3.63) is 11.6 Å². The Kier molecular flexibility index (Phi) is 7.90. The molecule has 2 rings (SSSR count). The lowest BCUT2D eigenvalue weighted by molar-refractivity contribution is 0.511. The van der Waals surface area contributed by atoms with E-state index in [4.69, 9.17) is 0 Å². The number of thioether (sulfide) groups is 2. The summed E-state index contributed by atoms with van der Waals surface area (Å²) >= 11 is 4.44. The van der Waals surface area contributed by atoms with Gasteiger partial charge in [-0.1, -0.05) is 38.3 Å². The van der Waals surface area contributed by atoms with Crippen LogP contribution in [0, 0.1) is 0 Å². The maximum absolute atomic E-state index is 3.83. The average Bonchev–Trinajstić information content (AvgIpc) is 2.45. The molecule has 0 aromatic heterocycles. The highest BCUT2D eigenvalue weighted by Gasteiger charge is 2.33. The molecule has 0 radical (unpaired) electrons. The van der Waals surface area contributed by atoms with Gasteiger partial charge in [-0.2, -0.15) is 23.5 Å². The van der Waals surface area contributed by atoms with Crippen LogP contribution in [0.5, 0.6) is 0 Å². The van der Waals surface area contributed by atoms with E-state index in [1.807, 2.05) is 0 Å². The third-order valence-electron chi connectivity index (χ3n) is 4.47. The highest BCUT2D eigenvalue weighted by atomic mass is 32.2. The highest BCUT2D eigenvalue weighted by Crippen LogP contribution is 2.38. The van der Waals surface area contributed by atoms with Crippen molar-refractivity contribution in [2.24, 2.45) is 0 Å². The Morgan fingerprint density at radius 2 is 1.95 bits per heavy atom. The van der Waals surface area contributed by atoms with Crippen LogP contribution < -0.4 is 5.32 Å². The molecule has 0 saturated carbocycles. The van der Waals surface area contributed by atoms with Gasteiger partial charge in [-0.05, 0) is 38.6 Å². The summed E-state index contributed by atoms with van der Waals surface area (Å²) in [5.41, 5.74) is 1.73. The predicted molar refractivity (Wildman–Crippen MR) is 96.0 cm³/mol. The Bertz CT molecular complexity index is 303. The second-order valence-corrected chi connectivity index (χ2v) is 8.55. The van der Waals surface area contributed by atoms with E-state index in [1.54, 1.807) is 5.57 Å².